The number of dihydropyridines is 1. The minimum Gasteiger partial charge on any atom is -0.370 e. The minimum absolute atomic E-state index is 0.287. The van der Waals surface area contributed by atoms with Gasteiger partial charge in [-0.25, -0.2) is 0 Å². The lowest BCUT2D eigenvalue weighted by atomic mass is 10.0. The summed E-state index contributed by atoms with van der Waals surface area (Å²) >= 11 is 0. The van der Waals surface area contributed by atoms with E-state index in [9.17, 15) is 0 Å². The van der Waals surface area contributed by atoms with Gasteiger partial charge in [-0.3, -0.25) is 0 Å². The maximum absolute atomic E-state index is 6.00. The van der Waals surface area contributed by atoms with Crippen molar-refractivity contribution in [2.45, 2.75) is 31.8 Å². The number of unbranched alkanes of at least 4 members (excludes halogenated alkanes) is 1. The van der Waals surface area contributed by atoms with E-state index in [4.69, 9.17) is 5.73 Å². The van der Waals surface area contributed by atoms with Crippen LogP contribution in [0.5, 0.6) is 0 Å². The molecule has 0 aromatic rings. The highest BCUT2D eigenvalue weighted by Crippen LogP contribution is 2.12. The highest BCUT2D eigenvalue weighted by atomic mass is 15.1. The third-order valence-electron chi connectivity index (χ3n) is 1.90. The van der Waals surface area contributed by atoms with Gasteiger partial charge in [0.2, 0.25) is 0 Å². The summed E-state index contributed by atoms with van der Waals surface area (Å²) in [6, 6.07) is 0. The number of hydrogen-bond donors (Lipinski definition) is 2. The molecular formula is C9H16N2. The summed E-state index contributed by atoms with van der Waals surface area (Å²) in [6.45, 7) is 2.17. The summed E-state index contributed by atoms with van der Waals surface area (Å²) in [6.07, 6.45) is 11.2. The molecule has 0 amide bonds. The van der Waals surface area contributed by atoms with Crippen molar-refractivity contribution in [3.05, 3.63) is 24.4 Å². The van der Waals surface area contributed by atoms with E-state index < -0.39 is 0 Å². The Bertz CT molecular complexity index is 172. The summed E-state index contributed by atoms with van der Waals surface area (Å²) in [4.78, 5) is 0. The SMILES string of the molecule is CCCCC1(N)C=CC=CN1. The average Bonchev–Trinajstić information content (AvgIpc) is 2.03. The summed E-state index contributed by atoms with van der Waals surface area (Å²) in [5.41, 5.74) is 5.71. The fourth-order valence-electron chi connectivity index (χ4n) is 1.16. The molecule has 1 unspecified atom stereocenters. The smallest absolute Gasteiger partial charge is 0.105 e. The van der Waals surface area contributed by atoms with E-state index in [1.54, 1.807) is 0 Å². The lowest BCUT2D eigenvalue weighted by molar-refractivity contribution is 0.418. The molecule has 1 rings (SSSR count). The van der Waals surface area contributed by atoms with Gasteiger partial charge < -0.3 is 11.1 Å². The number of nitrogens with one attached hydrogen (secondary N) is 1. The third kappa shape index (κ3) is 2.39. The summed E-state index contributed by atoms with van der Waals surface area (Å²) in [7, 11) is 0. The Hall–Kier alpha value is -0.760. The van der Waals surface area contributed by atoms with E-state index in [1.165, 1.54) is 12.8 Å². The van der Waals surface area contributed by atoms with Crippen molar-refractivity contribution in [2.24, 2.45) is 5.73 Å². The maximum atomic E-state index is 6.00. The predicted molar refractivity (Wildman–Crippen MR) is 47.9 cm³/mol. The lowest BCUT2D eigenvalue weighted by Crippen LogP contribution is -2.50. The first-order chi connectivity index (χ1) is 5.27. The first-order valence-corrected chi connectivity index (χ1v) is 4.18. The molecule has 3 N–H and O–H groups in total. The average molecular weight is 152 g/mol. The molecule has 2 nitrogen and oxygen atoms in total. The highest BCUT2D eigenvalue weighted by molar-refractivity contribution is 5.17. The molecule has 1 atom stereocenters. The monoisotopic (exact) mass is 152 g/mol. The molecule has 0 aromatic heterocycles. The molecule has 2 heteroatoms. The lowest BCUT2D eigenvalue weighted by Gasteiger charge is -2.28. The van der Waals surface area contributed by atoms with Crippen LogP contribution in [0.1, 0.15) is 26.2 Å². The van der Waals surface area contributed by atoms with Gasteiger partial charge in [0.05, 0.1) is 0 Å². The zero-order valence-corrected chi connectivity index (χ0v) is 7.01. The first kappa shape index (κ1) is 8.34. The summed E-state index contributed by atoms with van der Waals surface area (Å²) in [5, 5.41) is 3.14. The van der Waals surface area contributed by atoms with Crippen molar-refractivity contribution in [3.63, 3.8) is 0 Å². The normalized spacial score (nSPS) is 28.5. The van der Waals surface area contributed by atoms with E-state index >= 15 is 0 Å². The van der Waals surface area contributed by atoms with Gasteiger partial charge in [-0.2, -0.15) is 0 Å². The Kier molecular flexibility index (Phi) is 2.71. The first-order valence-electron chi connectivity index (χ1n) is 4.18. The second kappa shape index (κ2) is 3.58. The number of rotatable bonds is 3. The van der Waals surface area contributed by atoms with E-state index in [0.717, 1.165) is 6.42 Å². The van der Waals surface area contributed by atoms with Crippen LogP contribution >= 0.6 is 0 Å². The molecule has 0 spiro atoms. The Balaban J connectivity index is 2.40. The van der Waals surface area contributed by atoms with Gasteiger partial charge in [-0.1, -0.05) is 19.4 Å². The molecule has 0 aromatic carbocycles. The fraction of sp³-hybridized carbons (Fsp3) is 0.556. The number of hydrogen-bond acceptors (Lipinski definition) is 2. The Morgan fingerprint density at radius 2 is 2.27 bits per heavy atom. The van der Waals surface area contributed by atoms with Crippen LogP contribution in [-0.4, -0.2) is 5.66 Å². The van der Waals surface area contributed by atoms with E-state index in [-0.39, 0.29) is 5.66 Å². The minimum atomic E-state index is -0.287. The van der Waals surface area contributed by atoms with Crippen LogP contribution in [0.4, 0.5) is 0 Å². The zero-order chi connectivity index (χ0) is 8.16. The van der Waals surface area contributed by atoms with Gasteiger partial charge in [0.1, 0.15) is 5.66 Å². The Morgan fingerprint density at radius 1 is 1.45 bits per heavy atom. The van der Waals surface area contributed by atoms with Crippen molar-refractivity contribution in [1.29, 1.82) is 0 Å². The van der Waals surface area contributed by atoms with Crippen LogP contribution in [-0.2, 0) is 0 Å². The highest BCUT2D eigenvalue weighted by Gasteiger charge is 2.18. The van der Waals surface area contributed by atoms with Gasteiger partial charge >= 0.3 is 0 Å². The van der Waals surface area contributed by atoms with Gasteiger partial charge in [0.25, 0.3) is 0 Å². The van der Waals surface area contributed by atoms with E-state index in [0.29, 0.717) is 0 Å². The van der Waals surface area contributed by atoms with Crippen molar-refractivity contribution < 1.29 is 0 Å². The quantitative estimate of drug-likeness (QED) is 0.643. The zero-order valence-electron chi connectivity index (χ0n) is 7.01. The van der Waals surface area contributed by atoms with Crippen LogP contribution in [0.2, 0.25) is 0 Å². The third-order valence-corrected chi connectivity index (χ3v) is 1.90. The second-order valence-corrected chi connectivity index (χ2v) is 3.01. The number of nitrogens with two attached hydrogens (primary N) is 1. The molecule has 0 aliphatic carbocycles. The van der Waals surface area contributed by atoms with Crippen molar-refractivity contribution in [3.8, 4) is 0 Å². The van der Waals surface area contributed by atoms with Crippen molar-refractivity contribution in [2.75, 3.05) is 0 Å². The Morgan fingerprint density at radius 3 is 2.82 bits per heavy atom. The number of allylic oxidation sites excluding steroid dienone is 2. The van der Waals surface area contributed by atoms with Crippen molar-refractivity contribution >= 4 is 0 Å². The summed E-state index contributed by atoms with van der Waals surface area (Å²) in [5.74, 6) is 0. The molecule has 1 aliphatic rings. The van der Waals surface area contributed by atoms with Crippen LogP contribution < -0.4 is 11.1 Å². The predicted octanol–water partition coefficient (Wildman–Crippen LogP) is 1.50. The van der Waals surface area contributed by atoms with E-state index in [1.807, 2.05) is 24.4 Å². The molecule has 0 radical (unpaired) electrons. The molecule has 0 saturated carbocycles. The molecule has 11 heavy (non-hydrogen) atoms. The summed E-state index contributed by atoms with van der Waals surface area (Å²) < 4.78 is 0. The molecular weight excluding hydrogens is 136 g/mol. The Labute approximate surface area is 68.2 Å². The van der Waals surface area contributed by atoms with Crippen LogP contribution in [0.25, 0.3) is 0 Å². The van der Waals surface area contributed by atoms with Gasteiger partial charge in [0, 0.05) is 0 Å². The maximum Gasteiger partial charge on any atom is 0.105 e. The van der Waals surface area contributed by atoms with Gasteiger partial charge in [-0.15, -0.1) is 0 Å². The topological polar surface area (TPSA) is 38.0 Å². The standard InChI is InChI=1S/C9H16N2/c1-2-3-6-9(10)7-4-5-8-11-9/h4-5,7-8,11H,2-3,6,10H2,1H3. The molecule has 0 fully saturated rings. The molecule has 62 valence electrons. The van der Waals surface area contributed by atoms with Gasteiger partial charge in [-0.05, 0) is 31.2 Å². The van der Waals surface area contributed by atoms with Gasteiger partial charge in [0.15, 0.2) is 0 Å². The molecule has 1 heterocycles. The molecule has 1 aliphatic heterocycles. The van der Waals surface area contributed by atoms with Crippen LogP contribution in [0.15, 0.2) is 24.4 Å². The van der Waals surface area contributed by atoms with Crippen LogP contribution in [0, 0.1) is 0 Å². The van der Waals surface area contributed by atoms with E-state index in [2.05, 4.69) is 12.2 Å². The molecule has 0 saturated heterocycles. The second-order valence-electron chi connectivity index (χ2n) is 3.01. The molecule has 0 bridgehead atoms. The van der Waals surface area contributed by atoms with Crippen molar-refractivity contribution in [1.82, 2.24) is 5.32 Å². The van der Waals surface area contributed by atoms with Crippen LogP contribution in [0.3, 0.4) is 0 Å². The fourth-order valence-corrected chi connectivity index (χ4v) is 1.16. The largest absolute Gasteiger partial charge is 0.370 e.